The number of benzene rings is 1. The summed E-state index contributed by atoms with van der Waals surface area (Å²) in [5.41, 5.74) is 5.94. The van der Waals surface area contributed by atoms with Crippen molar-refractivity contribution >= 4 is 29.1 Å². The van der Waals surface area contributed by atoms with E-state index in [-0.39, 0.29) is 28.8 Å². The van der Waals surface area contributed by atoms with Crippen molar-refractivity contribution in [2.45, 2.75) is 6.04 Å². The number of hydrazine groups is 1. The van der Waals surface area contributed by atoms with Crippen LogP contribution in [0.4, 0.5) is 10.1 Å². The summed E-state index contributed by atoms with van der Waals surface area (Å²) >= 11 is 5.76. The average Bonchev–Trinajstić information content (AvgIpc) is 2.97. The number of rotatable bonds is 5. The van der Waals surface area contributed by atoms with Crippen LogP contribution in [-0.4, -0.2) is 56.1 Å². The topological polar surface area (TPSA) is 82.7 Å². The summed E-state index contributed by atoms with van der Waals surface area (Å²) in [5, 5.41) is 2.70. The van der Waals surface area contributed by atoms with Crippen molar-refractivity contribution in [3.05, 3.63) is 29.0 Å². The van der Waals surface area contributed by atoms with E-state index >= 15 is 0 Å². The Bertz CT molecular complexity index is 675. The number of likely N-dealkylation sites (tertiary alicyclic amines) is 1. The zero-order valence-electron chi connectivity index (χ0n) is 13.7. The van der Waals surface area contributed by atoms with Gasteiger partial charge < -0.3 is 10.1 Å². The molecule has 2 amide bonds. The summed E-state index contributed by atoms with van der Waals surface area (Å²) in [5.74, 6) is -1.66. The molecule has 0 bridgehead atoms. The number of amides is 2. The fourth-order valence-electron chi connectivity index (χ4n) is 3.29. The Hall–Kier alpha value is -1.74. The number of methoxy groups -OCH3 is 1. The number of nitrogens with one attached hydrogen (secondary N) is 3. The summed E-state index contributed by atoms with van der Waals surface area (Å²) in [6.07, 6.45) is 0. The summed E-state index contributed by atoms with van der Waals surface area (Å²) in [6, 6.07) is 3.73. The highest BCUT2D eigenvalue weighted by Gasteiger charge is 2.47. The van der Waals surface area contributed by atoms with E-state index in [0.29, 0.717) is 31.9 Å². The third-order valence-electron chi connectivity index (χ3n) is 4.61. The molecule has 1 aromatic carbocycles. The van der Waals surface area contributed by atoms with Gasteiger partial charge in [0, 0.05) is 32.4 Å². The fourth-order valence-corrected chi connectivity index (χ4v) is 3.47. The molecule has 0 aromatic heterocycles. The molecular weight excluding hydrogens is 351 g/mol. The van der Waals surface area contributed by atoms with Crippen LogP contribution in [0.2, 0.25) is 5.02 Å². The van der Waals surface area contributed by atoms with Crippen LogP contribution in [0.5, 0.6) is 0 Å². The van der Waals surface area contributed by atoms with Crippen LogP contribution in [0.3, 0.4) is 0 Å². The number of piperidine rings is 1. The van der Waals surface area contributed by atoms with Gasteiger partial charge in [-0.3, -0.25) is 19.9 Å². The van der Waals surface area contributed by atoms with Gasteiger partial charge in [0.05, 0.1) is 29.5 Å². The molecule has 2 fully saturated rings. The van der Waals surface area contributed by atoms with Crippen molar-refractivity contribution in [2.24, 2.45) is 11.8 Å². The third-order valence-corrected chi connectivity index (χ3v) is 4.90. The van der Waals surface area contributed by atoms with E-state index in [0.717, 1.165) is 0 Å². The average molecular weight is 371 g/mol. The zero-order valence-corrected chi connectivity index (χ0v) is 14.5. The number of anilines is 1. The van der Waals surface area contributed by atoms with Gasteiger partial charge in [0.25, 0.3) is 0 Å². The molecule has 136 valence electrons. The highest BCUT2D eigenvalue weighted by Crippen LogP contribution is 2.27. The second kappa shape index (κ2) is 7.65. The third kappa shape index (κ3) is 3.92. The van der Waals surface area contributed by atoms with Gasteiger partial charge in [-0.15, -0.1) is 0 Å². The molecule has 1 aromatic rings. The number of nitrogens with zero attached hydrogens (tertiary/aromatic N) is 1. The lowest BCUT2D eigenvalue weighted by Gasteiger charge is -2.38. The van der Waals surface area contributed by atoms with Gasteiger partial charge in [-0.05, 0) is 18.2 Å². The second-order valence-electron chi connectivity index (χ2n) is 6.24. The molecule has 0 spiro atoms. The highest BCUT2D eigenvalue weighted by atomic mass is 35.5. The smallest absolute Gasteiger partial charge is 0.240 e. The van der Waals surface area contributed by atoms with E-state index < -0.39 is 11.7 Å². The van der Waals surface area contributed by atoms with Crippen LogP contribution < -0.4 is 16.2 Å². The summed E-state index contributed by atoms with van der Waals surface area (Å²) in [4.78, 5) is 26.8. The quantitative estimate of drug-likeness (QED) is 0.707. The Labute approximate surface area is 149 Å². The van der Waals surface area contributed by atoms with Crippen molar-refractivity contribution in [2.75, 3.05) is 38.7 Å². The van der Waals surface area contributed by atoms with Gasteiger partial charge in [-0.25, -0.2) is 9.82 Å². The second-order valence-corrected chi connectivity index (χ2v) is 6.65. The molecule has 2 aliphatic rings. The first-order valence-electron chi connectivity index (χ1n) is 8.02. The Morgan fingerprint density at radius 3 is 3.00 bits per heavy atom. The maximum atomic E-state index is 13.3. The lowest BCUT2D eigenvalue weighted by Crippen LogP contribution is -2.56. The number of halogens is 2. The van der Waals surface area contributed by atoms with Crippen LogP contribution in [0.15, 0.2) is 18.2 Å². The molecule has 2 heterocycles. The Morgan fingerprint density at radius 1 is 1.48 bits per heavy atom. The minimum Gasteiger partial charge on any atom is -0.383 e. The molecular formula is C16H20ClFN4O3. The van der Waals surface area contributed by atoms with E-state index in [4.69, 9.17) is 16.3 Å². The lowest BCUT2D eigenvalue weighted by molar-refractivity contribution is -0.127. The number of hydrogen-bond acceptors (Lipinski definition) is 5. The molecule has 0 saturated carbocycles. The molecule has 2 aliphatic heterocycles. The molecule has 3 unspecified atom stereocenters. The molecule has 2 saturated heterocycles. The van der Waals surface area contributed by atoms with Gasteiger partial charge in [0.1, 0.15) is 5.82 Å². The van der Waals surface area contributed by atoms with E-state index in [1.807, 2.05) is 4.90 Å². The highest BCUT2D eigenvalue weighted by molar-refractivity contribution is 6.31. The lowest BCUT2D eigenvalue weighted by atomic mass is 9.84. The predicted octanol–water partition coefficient (Wildman–Crippen LogP) is 0.615. The number of fused-ring (bicyclic) bond motifs is 1. The Kier molecular flexibility index (Phi) is 5.53. The van der Waals surface area contributed by atoms with Crippen molar-refractivity contribution in [3.8, 4) is 0 Å². The number of carbonyl (C=O) groups is 2. The van der Waals surface area contributed by atoms with E-state index in [2.05, 4.69) is 16.2 Å². The molecule has 3 N–H and O–H groups in total. The van der Waals surface area contributed by atoms with Crippen LogP contribution in [0, 0.1) is 17.7 Å². The minimum atomic E-state index is -0.546. The van der Waals surface area contributed by atoms with E-state index in [1.165, 1.54) is 18.2 Å². The van der Waals surface area contributed by atoms with Gasteiger partial charge in [-0.1, -0.05) is 11.6 Å². The molecule has 25 heavy (non-hydrogen) atoms. The molecule has 0 aliphatic carbocycles. The van der Waals surface area contributed by atoms with Gasteiger partial charge in [0.15, 0.2) is 0 Å². The van der Waals surface area contributed by atoms with Crippen molar-refractivity contribution < 1.29 is 18.7 Å². The number of carbonyl (C=O) groups excluding carboxylic acids is 2. The van der Waals surface area contributed by atoms with Crippen molar-refractivity contribution in [1.82, 2.24) is 15.8 Å². The zero-order chi connectivity index (χ0) is 18.0. The number of ether oxygens (including phenoxy) is 1. The van der Waals surface area contributed by atoms with Crippen LogP contribution in [-0.2, 0) is 14.3 Å². The molecule has 9 heteroatoms. The molecule has 0 radical (unpaired) electrons. The molecule has 7 nitrogen and oxygen atoms in total. The van der Waals surface area contributed by atoms with Gasteiger partial charge in [-0.2, -0.15) is 0 Å². The molecule has 3 atom stereocenters. The monoisotopic (exact) mass is 370 g/mol. The fraction of sp³-hybridized carbons (Fsp3) is 0.500. The summed E-state index contributed by atoms with van der Waals surface area (Å²) < 4.78 is 18.4. The minimum absolute atomic E-state index is 0.0584. The van der Waals surface area contributed by atoms with Crippen molar-refractivity contribution in [1.29, 1.82) is 0 Å². The molecule has 3 rings (SSSR count). The first-order valence-corrected chi connectivity index (χ1v) is 8.40. The Balaban J connectivity index is 1.74. The maximum absolute atomic E-state index is 13.3. The van der Waals surface area contributed by atoms with Crippen LogP contribution >= 0.6 is 11.6 Å². The van der Waals surface area contributed by atoms with Gasteiger partial charge in [0.2, 0.25) is 11.8 Å². The van der Waals surface area contributed by atoms with E-state index in [1.54, 1.807) is 7.11 Å². The standard InChI is InChI=1S/C16H20ClFN4O3/c1-25-5-4-22-7-10(14-11(8-22)16(24)21-20-14)15(23)19-9-2-3-13(18)12(17)6-9/h2-3,6,10-11,14,20H,4-5,7-8H2,1H3,(H,19,23)(H,21,24). The van der Waals surface area contributed by atoms with E-state index in [9.17, 15) is 14.0 Å². The summed E-state index contributed by atoms with van der Waals surface area (Å²) in [7, 11) is 1.61. The van der Waals surface area contributed by atoms with Gasteiger partial charge >= 0.3 is 0 Å². The predicted molar refractivity (Wildman–Crippen MR) is 90.4 cm³/mol. The first kappa shape index (κ1) is 18.1. The normalized spacial score (nSPS) is 26.2. The maximum Gasteiger partial charge on any atom is 0.240 e. The summed E-state index contributed by atoms with van der Waals surface area (Å²) in [6.45, 7) is 2.22. The first-order chi connectivity index (χ1) is 12.0. The number of hydrogen-bond donors (Lipinski definition) is 3. The largest absolute Gasteiger partial charge is 0.383 e. The van der Waals surface area contributed by atoms with Crippen molar-refractivity contribution in [3.63, 3.8) is 0 Å². The Morgan fingerprint density at radius 2 is 2.28 bits per heavy atom. The van der Waals surface area contributed by atoms with Crippen LogP contribution in [0.1, 0.15) is 0 Å². The van der Waals surface area contributed by atoms with Crippen LogP contribution in [0.25, 0.3) is 0 Å². The SMILES string of the molecule is COCCN1CC2C(=O)NNC2C(C(=O)Nc2ccc(F)c(Cl)c2)C1.